The van der Waals surface area contributed by atoms with E-state index in [1.807, 2.05) is 0 Å². The van der Waals surface area contributed by atoms with Crippen LogP contribution in [0.2, 0.25) is 10.2 Å². The molecule has 1 aromatic carbocycles. The summed E-state index contributed by atoms with van der Waals surface area (Å²) in [7, 11) is 1.66. The third-order valence-corrected chi connectivity index (χ3v) is 5.84. The van der Waals surface area contributed by atoms with E-state index < -0.39 is 17.5 Å². The highest BCUT2D eigenvalue weighted by Gasteiger charge is 2.39. The number of imidazole rings is 1. The van der Waals surface area contributed by atoms with Gasteiger partial charge in [0, 0.05) is 24.2 Å². The fourth-order valence-corrected chi connectivity index (χ4v) is 4.20. The first kappa shape index (κ1) is 23.3. The summed E-state index contributed by atoms with van der Waals surface area (Å²) >= 11 is 12.7. The third-order valence-electron chi connectivity index (χ3n) is 5.20. The van der Waals surface area contributed by atoms with Crippen molar-refractivity contribution in [3.8, 4) is 5.75 Å². The molecule has 0 fully saturated rings. The predicted molar refractivity (Wildman–Crippen MR) is 117 cm³/mol. The SMILES string of the molecule is CCOc1c(Cl)nc2ccc([C@@](O)(c3ccc(C(F)(F)F)nc3)c3cncn3C)cc2c1Cl. The minimum Gasteiger partial charge on any atom is -0.489 e. The van der Waals surface area contributed by atoms with Gasteiger partial charge in [-0.25, -0.2) is 9.97 Å². The first-order chi connectivity index (χ1) is 15.6. The maximum Gasteiger partial charge on any atom is 0.433 e. The van der Waals surface area contributed by atoms with E-state index in [-0.39, 0.29) is 21.5 Å². The molecule has 1 atom stereocenters. The second-order valence-electron chi connectivity index (χ2n) is 7.24. The minimum absolute atomic E-state index is 0.0935. The number of hydrogen-bond donors (Lipinski definition) is 1. The van der Waals surface area contributed by atoms with Crippen LogP contribution in [-0.4, -0.2) is 31.2 Å². The Kier molecular flexibility index (Phi) is 5.98. The number of alkyl halides is 3. The molecule has 0 saturated carbocycles. The zero-order valence-corrected chi connectivity index (χ0v) is 18.9. The maximum atomic E-state index is 13.0. The zero-order valence-electron chi connectivity index (χ0n) is 17.4. The van der Waals surface area contributed by atoms with Gasteiger partial charge in [-0.05, 0) is 30.7 Å². The van der Waals surface area contributed by atoms with Gasteiger partial charge in [-0.1, -0.05) is 35.3 Å². The Morgan fingerprint density at radius 3 is 2.39 bits per heavy atom. The summed E-state index contributed by atoms with van der Waals surface area (Å²) in [4.78, 5) is 11.9. The van der Waals surface area contributed by atoms with E-state index in [2.05, 4.69) is 15.0 Å². The fraction of sp³-hybridized carbons (Fsp3) is 0.227. The van der Waals surface area contributed by atoms with Gasteiger partial charge in [0.25, 0.3) is 0 Å². The summed E-state index contributed by atoms with van der Waals surface area (Å²) in [5, 5.41) is 12.7. The van der Waals surface area contributed by atoms with E-state index in [1.54, 1.807) is 36.7 Å². The van der Waals surface area contributed by atoms with Gasteiger partial charge in [0.2, 0.25) is 0 Å². The number of fused-ring (bicyclic) bond motifs is 1. The van der Waals surface area contributed by atoms with Crippen LogP contribution < -0.4 is 4.74 Å². The highest BCUT2D eigenvalue weighted by molar-refractivity contribution is 6.40. The minimum atomic E-state index is -4.61. The molecule has 0 unspecified atom stereocenters. The van der Waals surface area contributed by atoms with Crippen molar-refractivity contribution in [2.45, 2.75) is 18.7 Å². The highest BCUT2D eigenvalue weighted by atomic mass is 35.5. The zero-order chi connectivity index (χ0) is 24.0. The normalized spacial score (nSPS) is 13.8. The van der Waals surface area contributed by atoms with Crippen molar-refractivity contribution in [2.24, 2.45) is 7.05 Å². The molecule has 1 N–H and O–H groups in total. The molecular formula is C22H17Cl2F3N4O2. The van der Waals surface area contributed by atoms with E-state index in [0.717, 1.165) is 12.3 Å². The molecule has 0 saturated heterocycles. The molecule has 3 aromatic heterocycles. The Morgan fingerprint density at radius 2 is 1.82 bits per heavy atom. The quantitative estimate of drug-likeness (QED) is 0.376. The van der Waals surface area contributed by atoms with Crippen molar-refractivity contribution in [3.05, 3.63) is 81.7 Å². The average Bonchev–Trinajstić information content (AvgIpc) is 3.22. The molecule has 0 aliphatic carbocycles. The smallest absolute Gasteiger partial charge is 0.433 e. The van der Waals surface area contributed by atoms with Gasteiger partial charge >= 0.3 is 6.18 Å². The average molecular weight is 497 g/mol. The Bertz CT molecular complexity index is 1330. The standard InChI is InChI=1S/C22H17Cl2F3N4O2/c1-3-33-19-18(23)14-8-12(4-6-15(14)30-20(19)24)21(32,17-10-28-11-31(17)2)13-5-7-16(29-9-13)22(25,26)27/h4-11,32H,3H2,1-2H3/t21-/m1/s1. The van der Waals surface area contributed by atoms with Crippen molar-refractivity contribution >= 4 is 34.1 Å². The number of aromatic nitrogens is 4. The van der Waals surface area contributed by atoms with E-state index in [0.29, 0.717) is 28.8 Å². The first-order valence-electron chi connectivity index (χ1n) is 9.72. The van der Waals surface area contributed by atoms with E-state index >= 15 is 0 Å². The summed E-state index contributed by atoms with van der Waals surface area (Å²) in [6.45, 7) is 2.08. The van der Waals surface area contributed by atoms with Crippen LogP contribution in [0.4, 0.5) is 13.2 Å². The fourth-order valence-electron chi connectivity index (χ4n) is 3.61. The molecule has 33 heavy (non-hydrogen) atoms. The molecule has 0 aliphatic rings. The number of ether oxygens (including phenoxy) is 1. The molecule has 11 heteroatoms. The number of rotatable bonds is 5. The molecule has 4 rings (SSSR count). The number of nitrogens with zero attached hydrogens (tertiary/aromatic N) is 4. The van der Waals surface area contributed by atoms with Crippen molar-refractivity contribution in [1.29, 1.82) is 0 Å². The lowest BCUT2D eigenvalue weighted by atomic mass is 9.83. The Labute approximate surface area is 196 Å². The van der Waals surface area contributed by atoms with Crippen molar-refractivity contribution < 1.29 is 23.0 Å². The molecule has 4 aromatic rings. The molecule has 0 spiro atoms. The summed E-state index contributed by atoms with van der Waals surface area (Å²) in [6.07, 6.45) is -0.719. The van der Waals surface area contributed by atoms with Gasteiger partial charge in [-0.2, -0.15) is 13.2 Å². The molecule has 3 heterocycles. The van der Waals surface area contributed by atoms with Crippen LogP contribution in [0.15, 0.2) is 49.1 Å². The van der Waals surface area contributed by atoms with Gasteiger partial charge in [-0.15, -0.1) is 0 Å². The number of benzene rings is 1. The van der Waals surface area contributed by atoms with Crippen LogP contribution in [0.5, 0.6) is 5.75 Å². The van der Waals surface area contributed by atoms with Gasteiger partial charge in [0.1, 0.15) is 5.69 Å². The van der Waals surface area contributed by atoms with Crippen LogP contribution in [0.1, 0.15) is 29.4 Å². The van der Waals surface area contributed by atoms with Crippen LogP contribution in [-0.2, 0) is 18.8 Å². The van der Waals surface area contributed by atoms with Gasteiger partial charge in [-0.3, -0.25) is 4.98 Å². The van der Waals surface area contributed by atoms with Crippen molar-refractivity contribution in [2.75, 3.05) is 6.61 Å². The lowest BCUT2D eigenvalue weighted by Crippen LogP contribution is -2.31. The summed E-state index contributed by atoms with van der Waals surface area (Å²) in [5.74, 6) is 0.200. The second kappa shape index (κ2) is 8.48. The molecule has 6 nitrogen and oxygen atoms in total. The predicted octanol–water partition coefficient (Wildman–Crippen LogP) is 5.37. The first-order valence-corrected chi connectivity index (χ1v) is 10.5. The van der Waals surface area contributed by atoms with Gasteiger partial charge in [0.05, 0.1) is 35.4 Å². The molecule has 0 aliphatic heterocycles. The van der Waals surface area contributed by atoms with Crippen LogP contribution in [0.3, 0.4) is 0 Å². The maximum absolute atomic E-state index is 13.0. The topological polar surface area (TPSA) is 73.1 Å². The number of halogens is 5. The van der Waals surface area contributed by atoms with E-state index in [4.69, 9.17) is 27.9 Å². The van der Waals surface area contributed by atoms with Gasteiger partial charge in [0.15, 0.2) is 16.5 Å². The van der Waals surface area contributed by atoms with Crippen LogP contribution in [0, 0.1) is 0 Å². The largest absolute Gasteiger partial charge is 0.489 e. The summed E-state index contributed by atoms with van der Waals surface area (Å²) < 4.78 is 46.2. The number of aryl methyl sites for hydroxylation is 1. The number of pyridine rings is 2. The molecule has 0 radical (unpaired) electrons. The lowest BCUT2D eigenvalue weighted by molar-refractivity contribution is -0.141. The molecule has 172 valence electrons. The van der Waals surface area contributed by atoms with Crippen LogP contribution >= 0.6 is 23.2 Å². The lowest BCUT2D eigenvalue weighted by Gasteiger charge is -2.30. The van der Waals surface area contributed by atoms with Crippen molar-refractivity contribution in [3.63, 3.8) is 0 Å². The highest BCUT2D eigenvalue weighted by Crippen LogP contribution is 2.42. The molecule has 0 bridgehead atoms. The summed E-state index contributed by atoms with van der Waals surface area (Å²) in [5.41, 5.74) is -1.78. The number of aliphatic hydroxyl groups is 1. The third kappa shape index (κ3) is 4.01. The molecule has 0 amide bonds. The Hall–Kier alpha value is -2.88. The second-order valence-corrected chi connectivity index (χ2v) is 7.98. The van der Waals surface area contributed by atoms with Crippen molar-refractivity contribution in [1.82, 2.24) is 19.5 Å². The Balaban J connectivity index is 1.96. The van der Waals surface area contributed by atoms with Gasteiger partial charge < -0.3 is 14.4 Å². The van der Waals surface area contributed by atoms with Crippen LogP contribution in [0.25, 0.3) is 10.9 Å². The Morgan fingerprint density at radius 1 is 1.09 bits per heavy atom. The van der Waals surface area contributed by atoms with E-state index in [9.17, 15) is 18.3 Å². The number of hydrogen-bond acceptors (Lipinski definition) is 5. The summed E-state index contributed by atoms with van der Waals surface area (Å²) in [6, 6.07) is 6.79. The molecular weight excluding hydrogens is 480 g/mol. The van der Waals surface area contributed by atoms with E-state index in [1.165, 1.54) is 18.6 Å². The monoisotopic (exact) mass is 496 g/mol.